The van der Waals surface area contributed by atoms with Crippen LogP contribution in [-0.4, -0.2) is 7.11 Å². The summed E-state index contributed by atoms with van der Waals surface area (Å²) in [4.78, 5) is 0.861. The number of methoxy groups -OCH3 is 1. The number of hydrogen-bond donors (Lipinski definition) is 2. The average molecular weight is 156 g/mol. The molecule has 0 heterocycles. The fourth-order valence-corrected chi connectivity index (χ4v) is 0.872. The zero-order valence-corrected chi connectivity index (χ0v) is 6.69. The first-order valence-electron chi connectivity index (χ1n) is 2.93. The maximum atomic E-state index is 4.97. The summed E-state index contributed by atoms with van der Waals surface area (Å²) in [6, 6.07) is 5.58. The molecule has 3 heteroatoms. The predicted molar refractivity (Wildman–Crippen MR) is 42.8 cm³/mol. The summed E-state index contributed by atoms with van der Waals surface area (Å²) in [7, 11) is 1.63. The molecule has 0 fully saturated rings. The number of rotatable bonds is 1. The van der Waals surface area contributed by atoms with Crippen molar-refractivity contribution in [2.75, 3.05) is 7.11 Å². The average Bonchev–Trinajstić information content (AvgIpc) is 1.95. The van der Waals surface area contributed by atoms with E-state index in [9.17, 15) is 0 Å². The van der Waals surface area contributed by atoms with Crippen molar-refractivity contribution in [3.63, 3.8) is 0 Å². The van der Waals surface area contributed by atoms with E-state index in [-0.39, 0.29) is 0 Å². The van der Waals surface area contributed by atoms with Gasteiger partial charge in [0.25, 0.3) is 0 Å². The summed E-state index contributed by atoms with van der Waals surface area (Å²) >= 11 is 4.18. The first-order valence-corrected chi connectivity index (χ1v) is 3.37. The molecular weight excluding hydrogens is 146 g/mol. The third kappa shape index (κ3) is 1.43. The summed E-state index contributed by atoms with van der Waals surface area (Å²) in [5, 5.41) is 0. The van der Waals surface area contributed by atoms with Gasteiger partial charge in [-0.05, 0) is 12.1 Å². The van der Waals surface area contributed by atoms with Crippen LogP contribution in [0.4, 0.5) is 5.69 Å². The minimum Gasteiger partial charge on any atom is -0.497 e. The van der Waals surface area contributed by atoms with Crippen molar-refractivity contribution in [1.82, 2.24) is 0 Å². The van der Waals surface area contributed by atoms with E-state index in [1.54, 1.807) is 7.11 Å². The largest absolute Gasteiger partial charge is 0.497 e. The van der Waals surface area contributed by atoms with Gasteiger partial charge in [-0.1, -0.05) is 0 Å². The van der Waals surface area contributed by atoms with Crippen molar-refractivity contribution in [3.05, 3.63) is 18.2 Å². The maximum absolute atomic E-state index is 4.97. The highest BCUT2D eigenvalue weighted by Crippen LogP contribution is 2.20. The van der Waals surface area contributed by atoms with Crippen molar-refractivity contribution in [1.29, 1.82) is 0 Å². The van der Waals surface area contributed by atoms with Crippen LogP contribution in [0.2, 0.25) is 0 Å². The van der Waals surface area contributed by atoms with Crippen LogP contribution >= 0.6 is 12.6 Å². The van der Waals surface area contributed by atoms with Gasteiger partial charge in [-0.3, -0.25) is 0 Å². The van der Waals surface area contributed by atoms with Crippen LogP contribution in [0.3, 0.4) is 0 Å². The SMILES string of the molecule is COc1ccc([NH3+])c(S)c1. The Hall–Kier alpha value is -0.670. The topological polar surface area (TPSA) is 36.9 Å². The summed E-state index contributed by atoms with van der Waals surface area (Å²) < 4.78 is 4.97. The second-order valence-electron chi connectivity index (χ2n) is 1.99. The van der Waals surface area contributed by atoms with Gasteiger partial charge in [0, 0.05) is 6.07 Å². The van der Waals surface area contributed by atoms with Gasteiger partial charge < -0.3 is 10.5 Å². The molecule has 0 radical (unpaired) electrons. The molecule has 1 aromatic carbocycles. The van der Waals surface area contributed by atoms with Gasteiger partial charge in [-0.25, -0.2) is 0 Å². The van der Waals surface area contributed by atoms with Crippen LogP contribution in [0.15, 0.2) is 23.1 Å². The van der Waals surface area contributed by atoms with E-state index in [2.05, 4.69) is 18.4 Å². The summed E-state index contributed by atoms with van der Waals surface area (Å²) in [5.74, 6) is 0.817. The lowest BCUT2D eigenvalue weighted by Gasteiger charge is -1.99. The minimum absolute atomic E-state index is 0.817. The summed E-state index contributed by atoms with van der Waals surface area (Å²) in [5.41, 5.74) is 4.68. The minimum atomic E-state index is 0.817. The Balaban J connectivity index is 3.04. The standard InChI is InChI=1S/C7H9NOS/c1-9-5-2-3-6(8)7(10)4-5/h2-4,10H,8H2,1H3/p+1. The quantitative estimate of drug-likeness (QED) is 0.581. The maximum Gasteiger partial charge on any atom is 0.141 e. The van der Waals surface area contributed by atoms with Crippen LogP contribution in [-0.2, 0) is 0 Å². The molecule has 2 nitrogen and oxygen atoms in total. The van der Waals surface area contributed by atoms with Crippen molar-refractivity contribution in [2.24, 2.45) is 0 Å². The Kier molecular flexibility index (Phi) is 2.19. The molecule has 0 bridgehead atoms. The van der Waals surface area contributed by atoms with Crippen molar-refractivity contribution >= 4 is 18.3 Å². The fraction of sp³-hybridized carbons (Fsp3) is 0.143. The lowest BCUT2D eigenvalue weighted by molar-refractivity contribution is -0.258. The third-order valence-electron chi connectivity index (χ3n) is 1.29. The molecule has 0 aliphatic rings. The Morgan fingerprint density at radius 3 is 2.70 bits per heavy atom. The lowest BCUT2D eigenvalue weighted by atomic mass is 10.3. The predicted octanol–water partition coefficient (Wildman–Crippen LogP) is 0.857. The monoisotopic (exact) mass is 156 g/mol. The molecule has 0 aliphatic heterocycles. The number of quaternary nitrogens is 1. The van der Waals surface area contributed by atoms with Gasteiger partial charge in [0.2, 0.25) is 0 Å². The van der Waals surface area contributed by atoms with Gasteiger partial charge in [0.1, 0.15) is 11.4 Å². The van der Waals surface area contributed by atoms with Crippen LogP contribution in [0.1, 0.15) is 0 Å². The molecule has 0 aliphatic carbocycles. The van der Waals surface area contributed by atoms with Gasteiger partial charge in [0.05, 0.1) is 12.0 Å². The number of benzene rings is 1. The Bertz CT molecular complexity index is 237. The number of hydrogen-bond acceptors (Lipinski definition) is 2. The zero-order chi connectivity index (χ0) is 7.56. The van der Waals surface area contributed by atoms with E-state index in [1.807, 2.05) is 18.2 Å². The van der Waals surface area contributed by atoms with E-state index in [1.165, 1.54) is 0 Å². The Morgan fingerprint density at radius 1 is 1.50 bits per heavy atom. The van der Waals surface area contributed by atoms with E-state index in [4.69, 9.17) is 4.74 Å². The third-order valence-corrected chi connectivity index (χ3v) is 1.71. The van der Waals surface area contributed by atoms with Crippen LogP contribution < -0.4 is 10.5 Å². The molecule has 0 unspecified atom stereocenters. The molecule has 0 aromatic heterocycles. The van der Waals surface area contributed by atoms with E-state index >= 15 is 0 Å². The highest BCUT2D eigenvalue weighted by atomic mass is 32.1. The number of ether oxygens (including phenoxy) is 1. The van der Waals surface area contributed by atoms with Crippen LogP contribution in [0.5, 0.6) is 5.75 Å². The summed E-state index contributed by atoms with van der Waals surface area (Å²) in [6.07, 6.45) is 0. The van der Waals surface area contributed by atoms with E-state index < -0.39 is 0 Å². The molecular formula is C7H10NOS+. The smallest absolute Gasteiger partial charge is 0.141 e. The first-order chi connectivity index (χ1) is 4.74. The molecule has 3 N–H and O–H groups in total. The van der Waals surface area contributed by atoms with Crippen LogP contribution in [0.25, 0.3) is 0 Å². The Morgan fingerprint density at radius 2 is 2.20 bits per heavy atom. The first kappa shape index (κ1) is 7.44. The van der Waals surface area contributed by atoms with Crippen molar-refractivity contribution < 1.29 is 10.5 Å². The zero-order valence-electron chi connectivity index (χ0n) is 5.79. The molecule has 0 spiro atoms. The highest BCUT2D eigenvalue weighted by molar-refractivity contribution is 7.80. The molecule has 54 valence electrons. The number of thiol groups is 1. The molecule has 0 amide bonds. The second-order valence-corrected chi connectivity index (χ2v) is 2.48. The molecule has 0 saturated carbocycles. The molecule has 1 rings (SSSR count). The highest BCUT2D eigenvalue weighted by Gasteiger charge is 1.97. The van der Waals surface area contributed by atoms with Crippen molar-refractivity contribution in [2.45, 2.75) is 4.90 Å². The van der Waals surface area contributed by atoms with Gasteiger partial charge in [0.15, 0.2) is 0 Å². The molecule has 0 saturated heterocycles. The molecule has 0 atom stereocenters. The van der Waals surface area contributed by atoms with Crippen LogP contribution in [0, 0.1) is 0 Å². The van der Waals surface area contributed by atoms with E-state index in [0.717, 1.165) is 16.3 Å². The van der Waals surface area contributed by atoms with Gasteiger partial charge >= 0.3 is 0 Å². The molecule has 1 aromatic rings. The Labute approximate surface area is 65.4 Å². The van der Waals surface area contributed by atoms with Crippen molar-refractivity contribution in [3.8, 4) is 5.75 Å². The van der Waals surface area contributed by atoms with Gasteiger partial charge in [-0.15, -0.1) is 12.6 Å². The normalized spacial score (nSPS) is 9.50. The summed E-state index contributed by atoms with van der Waals surface area (Å²) in [6.45, 7) is 0. The van der Waals surface area contributed by atoms with E-state index in [0.29, 0.717) is 0 Å². The fourth-order valence-electron chi connectivity index (χ4n) is 0.671. The lowest BCUT2D eigenvalue weighted by Crippen LogP contribution is -2.40. The van der Waals surface area contributed by atoms with Gasteiger partial charge in [-0.2, -0.15) is 0 Å². The molecule has 10 heavy (non-hydrogen) atoms. The second kappa shape index (κ2) is 2.94.